The summed E-state index contributed by atoms with van der Waals surface area (Å²) in [6, 6.07) is 10.6. The number of amides is 1. The molecule has 7 heteroatoms. The van der Waals surface area contributed by atoms with Crippen LogP contribution in [0.15, 0.2) is 57.2 Å². The maximum absolute atomic E-state index is 13.8. The molecule has 0 saturated heterocycles. The van der Waals surface area contributed by atoms with Gasteiger partial charge in [0.2, 0.25) is 5.76 Å². The van der Waals surface area contributed by atoms with Gasteiger partial charge >= 0.3 is 0 Å². The minimum atomic E-state index is -0.649. The molecule has 0 N–H and O–H groups in total. The summed E-state index contributed by atoms with van der Waals surface area (Å²) >= 11 is 1.35. The smallest absolute Gasteiger partial charge is 0.297 e. The molecule has 3 heterocycles. The number of benzene rings is 2. The Morgan fingerprint density at radius 2 is 1.94 bits per heavy atom. The highest BCUT2D eigenvalue weighted by molar-refractivity contribution is 7.13. The van der Waals surface area contributed by atoms with E-state index in [2.05, 4.69) is 18.8 Å². The van der Waals surface area contributed by atoms with Crippen LogP contribution in [-0.2, 0) is 0 Å². The Balaban J connectivity index is 1.68. The molecule has 0 spiro atoms. The van der Waals surface area contributed by atoms with Crippen molar-refractivity contribution in [2.45, 2.75) is 40.2 Å². The molecule has 5 rings (SSSR count). The first-order valence-electron chi connectivity index (χ1n) is 11.4. The fourth-order valence-corrected chi connectivity index (χ4v) is 4.93. The summed E-state index contributed by atoms with van der Waals surface area (Å²) in [6.07, 6.45) is 2.59. The number of fused-ring (bicyclic) bond motifs is 2. The van der Waals surface area contributed by atoms with Crippen molar-refractivity contribution in [1.82, 2.24) is 4.98 Å². The van der Waals surface area contributed by atoms with Crippen molar-refractivity contribution < 1.29 is 13.9 Å². The Bertz CT molecular complexity index is 1440. The summed E-state index contributed by atoms with van der Waals surface area (Å²) in [5.74, 6) is 0.952. The zero-order chi connectivity index (χ0) is 24.0. The zero-order valence-corrected chi connectivity index (χ0v) is 20.4. The second-order valence-corrected chi connectivity index (χ2v) is 9.98. The van der Waals surface area contributed by atoms with E-state index in [9.17, 15) is 9.59 Å². The fourth-order valence-electron chi connectivity index (χ4n) is 4.26. The standard InChI is InChI=1S/C27H26N2O4S/c1-15(2)8-10-32-19-7-5-6-18(14-19)23-22-24(30)20-12-16(3)17(4)13-21(20)33-25(22)26(31)29(23)27-28-9-11-34-27/h5-7,9,11-15,23H,8,10H2,1-4H3. The van der Waals surface area contributed by atoms with Gasteiger partial charge in [-0.25, -0.2) is 4.98 Å². The van der Waals surface area contributed by atoms with Crippen LogP contribution in [0, 0.1) is 19.8 Å². The molecule has 0 bridgehead atoms. The highest BCUT2D eigenvalue weighted by Gasteiger charge is 2.44. The van der Waals surface area contributed by atoms with Gasteiger partial charge < -0.3 is 9.15 Å². The summed E-state index contributed by atoms with van der Waals surface area (Å²) in [5, 5.41) is 2.81. The quantitative estimate of drug-likeness (QED) is 0.341. The van der Waals surface area contributed by atoms with Crippen molar-refractivity contribution in [3.8, 4) is 5.75 Å². The lowest BCUT2D eigenvalue weighted by Crippen LogP contribution is -2.29. The van der Waals surface area contributed by atoms with E-state index in [0.29, 0.717) is 39.9 Å². The zero-order valence-electron chi connectivity index (χ0n) is 19.6. The van der Waals surface area contributed by atoms with Crippen molar-refractivity contribution in [3.63, 3.8) is 0 Å². The molecule has 1 unspecified atom stereocenters. The highest BCUT2D eigenvalue weighted by atomic mass is 32.1. The molecule has 6 nitrogen and oxygen atoms in total. The number of anilines is 1. The predicted molar refractivity (Wildman–Crippen MR) is 134 cm³/mol. The Morgan fingerprint density at radius 1 is 1.15 bits per heavy atom. The number of hydrogen-bond acceptors (Lipinski definition) is 6. The Labute approximate surface area is 201 Å². The van der Waals surface area contributed by atoms with Crippen LogP contribution in [-0.4, -0.2) is 17.5 Å². The SMILES string of the molecule is Cc1cc2oc3c(c(=O)c2cc1C)C(c1cccc(OCCC(C)C)c1)N(c1nccs1)C3=O. The average molecular weight is 475 g/mol. The maximum atomic E-state index is 13.8. The van der Waals surface area contributed by atoms with Crippen LogP contribution < -0.4 is 15.1 Å². The Hall–Kier alpha value is -3.45. The molecule has 34 heavy (non-hydrogen) atoms. The average Bonchev–Trinajstić information content (AvgIpc) is 3.42. The first kappa shape index (κ1) is 22.3. The number of aromatic nitrogens is 1. The third-order valence-electron chi connectivity index (χ3n) is 6.25. The summed E-state index contributed by atoms with van der Waals surface area (Å²) in [5.41, 5.74) is 3.35. The molecule has 4 aromatic rings. The molecule has 0 aliphatic carbocycles. The van der Waals surface area contributed by atoms with Crippen molar-refractivity contribution >= 4 is 33.3 Å². The molecular weight excluding hydrogens is 448 g/mol. The van der Waals surface area contributed by atoms with E-state index in [0.717, 1.165) is 23.1 Å². The van der Waals surface area contributed by atoms with Gasteiger partial charge in [0, 0.05) is 11.6 Å². The second kappa shape index (κ2) is 8.72. The molecule has 1 aliphatic heterocycles. The molecule has 2 aromatic carbocycles. The summed E-state index contributed by atoms with van der Waals surface area (Å²) in [4.78, 5) is 33.3. The van der Waals surface area contributed by atoms with Gasteiger partial charge in [0.05, 0.1) is 23.6 Å². The van der Waals surface area contributed by atoms with E-state index in [-0.39, 0.29) is 17.1 Å². The van der Waals surface area contributed by atoms with Gasteiger partial charge in [-0.3, -0.25) is 14.5 Å². The number of rotatable bonds is 6. The molecular formula is C27H26N2O4S. The van der Waals surface area contributed by atoms with E-state index >= 15 is 0 Å². The van der Waals surface area contributed by atoms with Gasteiger partial charge in [0.15, 0.2) is 10.6 Å². The van der Waals surface area contributed by atoms with E-state index in [4.69, 9.17) is 9.15 Å². The first-order chi connectivity index (χ1) is 16.3. The Morgan fingerprint density at radius 3 is 2.68 bits per heavy atom. The van der Waals surface area contributed by atoms with Crippen LogP contribution in [0.4, 0.5) is 5.13 Å². The first-order valence-corrected chi connectivity index (χ1v) is 12.3. The van der Waals surface area contributed by atoms with Crippen molar-refractivity contribution in [2.75, 3.05) is 11.5 Å². The molecule has 2 aromatic heterocycles. The minimum absolute atomic E-state index is 0.0760. The Kier molecular flexibility index (Phi) is 5.73. The highest BCUT2D eigenvalue weighted by Crippen LogP contribution is 2.42. The lowest BCUT2D eigenvalue weighted by Gasteiger charge is -2.23. The molecule has 0 radical (unpaired) electrons. The maximum Gasteiger partial charge on any atom is 0.297 e. The van der Waals surface area contributed by atoms with Gasteiger partial charge in [0.25, 0.3) is 5.91 Å². The van der Waals surface area contributed by atoms with Crippen molar-refractivity contribution in [3.05, 3.63) is 86.2 Å². The summed E-state index contributed by atoms with van der Waals surface area (Å²) in [7, 11) is 0. The number of carbonyl (C=O) groups excluding carboxylic acids is 1. The van der Waals surface area contributed by atoms with Crippen molar-refractivity contribution in [1.29, 1.82) is 0 Å². The number of ether oxygens (including phenoxy) is 1. The van der Waals surface area contributed by atoms with Gasteiger partial charge in [-0.1, -0.05) is 26.0 Å². The van der Waals surface area contributed by atoms with Gasteiger partial charge in [-0.15, -0.1) is 11.3 Å². The third-order valence-corrected chi connectivity index (χ3v) is 7.02. The molecule has 1 atom stereocenters. The number of aryl methyl sites for hydroxylation is 2. The number of hydrogen-bond donors (Lipinski definition) is 0. The van der Waals surface area contributed by atoms with Gasteiger partial charge in [-0.2, -0.15) is 0 Å². The minimum Gasteiger partial charge on any atom is -0.494 e. The van der Waals surface area contributed by atoms with Crippen LogP contribution in [0.2, 0.25) is 0 Å². The molecule has 174 valence electrons. The number of nitrogens with zero attached hydrogens (tertiary/aromatic N) is 2. The molecule has 1 aliphatic rings. The van der Waals surface area contributed by atoms with Crippen LogP contribution in [0.5, 0.6) is 5.75 Å². The topological polar surface area (TPSA) is 72.6 Å². The van der Waals surface area contributed by atoms with Crippen LogP contribution >= 0.6 is 11.3 Å². The summed E-state index contributed by atoms with van der Waals surface area (Å²) < 4.78 is 12.1. The predicted octanol–water partition coefficient (Wildman–Crippen LogP) is 6.04. The van der Waals surface area contributed by atoms with E-state index in [1.165, 1.54) is 11.3 Å². The number of carbonyl (C=O) groups is 1. The lowest BCUT2D eigenvalue weighted by molar-refractivity contribution is 0.0971. The van der Waals surface area contributed by atoms with Crippen molar-refractivity contribution in [2.24, 2.45) is 5.92 Å². The lowest BCUT2D eigenvalue weighted by atomic mass is 9.97. The second-order valence-electron chi connectivity index (χ2n) is 9.10. The van der Waals surface area contributed by atoms with Crippen LogP contribution in [0.3, 0.4) is 0 Å². The fraction of sp³-hybridized carbons (Fsp3) is 0.296. The molecule has 0 saturated carbocycles. The number of thiazole rings is 1. The van der Waals surface area contributed by atoms with E-state index in [1.807, 2.05) is 55.6 Å². The van der Waals surface area contributed by atoms with Gasteiger partial charge in [-0.05, 0) is 67.1 Å². The largest absolute Gasteiger partial charge is 0.494 e. The molecule has 1 amide bonds. The monoisotopic (exact) mass is 474 g/mol. The van der Waals surface area contributed by atoms with Gasteiger partial charge in [0.1, 0.15) is 11.3 Å². The van der Waals surface area contributed by atoms with Crippen LogP contribution in [0.1, 0.15) is 59.1 Å². The molecule has 0 fully saturated rings. The van der Waals surface area contributed by atoms with E-state index in [1.54, 1.807) is 11.1 Å². The van der Waals surface area contributed by atoms with E-state index < -0.39 is 6.04 Å². The van der Waals surface area contributed by atoms with Crippen LogP contribution in [0.25, 0.3) is 11.0 Å². The normalized spacial score (nSPS) is 15.4. The third kappa shape index (κ3) is 3.80. The summed E-state index contributed by atoms with van der Waals surface area (Å²) in [6.45, 7) is 8.82.